The van der Waals surface area contributed by atoms with Crippen LogP contribution in [-0.2, 0) is 4.74 Å². The van der Waals surface area contributed by atoms with Crippen molar-refractivity contribution < 1.29 is 19.0 Å². The fourth-order valence-corrected chi connectivity index (χ4v) is 2.30. The first kappa shape index (κ1) is 16.4. The van der Waals surface area contributed by atoms with E-state index in [2.05, 4.69) is 4.98 Å². The molecule has 0 unspecified atom stereocenters. The van der Waals surface area contributed by atoms with Crippen LogP contribution in [0, 0.1) is 0 Å². The average molecular weight is 324 g/mol. The minimum Gasteiger partial charge on any atom is -0.493 e. The summed E-state index contributed by atoms with van der Waals surface area (Å²) in [5.74, 6) is 0.617. The Morgan fingerprint density at radius 1 is 1.32 bits per heavy atom. The Bertz CT molecular complexity index is 700. The predicted molar refractivity (Wildman–Crippen MR) is 85.0 cm³/mol. The molecule has 1 heterocycles. The molecule has 0 atom stereocenters. The van der Waals surface area contributed by atoms with Crippen molar-refractivity contribution in [2.45, 2.75) is 26.9 Å². The number of methoxy groups -OCH3 is 1. The lowest BCUT2D eigenvalue weighted by Crippen LogP contribution is -2.08. The van der Waals surface area contributed by atoms with E-state index in [0.29, 0.717) is 22.4 Å². The number of halogens is 1. The van der Waals surface area contributed by atoms with Crippen LogP contribution in [0.5, 0.6) is 11.5 Å². The van der Waals surface area contributed by atoms with Gasteiger partial charge in [0.1, 0.15) is 0 Å². The molecule has 0 aliphatic carbocycles. The van der Waals surface area contributed by atoms with Crippen LogP contribution < -0.4 is 9.47 Å². The van der Waals surface area contributed by atoms with Gasteiger partial charge < -0.3 is 14.2 Å². The smallest absolute Gasteiger partial charge is 0.341 e. The number of hydrogen-bond donors (Lipinski definition) is 0. The van der Waals surface area contributed by atoms with Crippen molar-refractivity contribution in [3.8, 4) is 11.5 Å². The van der Waals surface area contributed by atoms with Gasteiger partial charge >= 0.3 is 5.97 Å². The summed E-state index contributed by atoms with van der Waals surface area (Å²) in [6, 6.07) is 3.46. The van der Waals surface area contributed by atoms with E-state index in [9.17, 15) is 4.79 Å². The van der Waals surface area contributed by atoms with E-state index in [4.69, 9.17) is 25.8 Å². The Balaban J connectivity index is 2.58. The Morgan fingerprint density at radius 2 is 2.05 bits per heavy atom. The molecule has 0 N–H and O–H groups in total. The Morgan fingerprint density at radius 3 is 2.64 bits per heavy atom. The molecular formula is C16H18ClNO4. The molecule has 0 aliphatic heterocycles. The fourth-order valence-electron chi connectivity index (χ4n) is 2.02. The molecular weight excluding hydrogens is 306 g/mol. The van der Waals surface area contributed by atoms with Gasteiger partial charge in [-0.15, -0.1) is 0 Å². The molecule has 2 aromatic rings. The lowest BCUT2D eigenvalue weighted by Gasteiger charge is -2.15. The van der Waals surface area contributed by atoms with E-state index >= 15 is 0 Å². The fraction of sp³-hybridized carbons (Fsp3) is 0.375. The molecule has 1 aromatic heterocycles. The van der Waals surface area contributed by atoms with Crippen LogP contribution in [0.15, 0.2) is 18.3 Å². The zero-order valence-corrected chi connectivity index (χ0v) is 13.7. The topological polar surface area (TPSA) is 57.7 Å². The van der Waals surface area contributed by atoms with E-state index in [1.165, 1.54) is 6.20 Å². The SMILES string of the molecule is CCOC(=O)c1cnc2cc(OC(C)C)c(OC)cc2c1Cl. The number of pyridine rings is 1. The number of fused-ring (bicyclic) bond motifs is 1. The van der Waals surface area contributed by atoms with Gasteiger partial charge in [-0.3, -0.25) is 4.98 Å². The highest BCUT2D eigenvalue weighted by atomic mass is 35.5. The van der Waals surface area contributed by atoms with Crippen molar-refractivity contribution in [2.24, 2.45) is 0 Å². The third-order valence-electron chi connectivity index (χ3n) is 2.95. The normalized spacial score (nSPS) is 10.8. The highest BCUT2D eigenvalue weighted by Gasteiger charge is 2.18. The van der Waals surface area contributed by atoms with Crippen molar-refractivity contribution in [1.82, 2.24) is 4.98 Å². The van der Waals surface area contributed by atoms with Gasteiger partial charge in [0.15, 0.2) is 11.5 Å². The van der Waals surface area contributed by atoms with E-state index in [0.717, 1.165) is 0 Å². The summed E-state index contributed by atoms with van der Waals surface area (Å²) in [7, 11) is 1.55. The minimum absolute atomic E-state index is 0.000581. The third-order valence-corrected chi connectivity index (χ3v) is 3.35. The second-order valence-corrected chi connectivity index (χ2v) is 5.27. The first-order valence-corrected chi connectivity index (χ1v) is 7.35. The number of carbonyl (C=O) groups is 1. The third kappa shape index (κ3) is 3.25. The van der Waals surface area contributed by atoms with Gasteiger partial charge in [0.05, 0.1) is 35.9 Å². The predicted octanol–water partition coefficient (Wildman–Crippen LogP) is 3.86. The second-order valence-electron chi connectivity index (χ2n) is 4.89. The first-order chi connectivity index (χ1) is 10.5. The number of aromatic nitrogens is 1. The molecule has 118 valence electrons. The van der Waals surface area contributed by atoms with Gasteiger partial charge in [0.2, 0.25) is 0 Å². The molecule has 0 bridgehead atoms. The van der Waals surface area contributed by atoms with Crippen LogP contribution in [0.2, 0.25) is 5.02 Å². The van der Waals surface area contributed by atoms with Crippen LogP contribution >= 0.6 is 11.6 Å². The van der Waals surface area contributed by atoms with Gasteiger partial charge in [-0.25, -0.2) is 4.79 Å². The van der Waals surface area contributed by atoms with Gasteiger partial charge in [-0.05, 0) is 26.8 Å². The number of benzene rings is 1. The molecule has 0 radical (unpaired) electrons. The number of hydrogen-bond acceptors (Lipinski definition) is 5. The summed E-state index contributed by atoms with van der Waals surface area (Å²) in [4.78, 5) is 16.1. The molecule has 2 rings (SSSR count). The van der Waals surface area contributed by atoms with Crippen LogP contribution in [0.25, 0.3) is 10.9 Å². The van der Waals surface area contributed by atoms with Crippen molar-refractivity contribution in [3.05, 3.63) is 28.9 Å². The Kier molecular flexibility index (Phi) is 5.08. The average Bonchev–Trinajstić information content (AvgIpc) is 2.46. The molecule has 0 spiro atoms. The van der Waals surface area contributed by atoms with Crippen molar-refractivity contribution >= 4 is 28.5 Å². The number of carbonyl (C=O) groups excluding carboxylic acids is 1. The molecule has 0 saturated heterocycles. The highest BCUT2D eigenvalue weighted by molar-refractivity contribution is 6.38. The zero-order chi connectivity index (χ0) is 16.3. The standard InChI is InChI=1S/C16H18ClNO4/c1-5-21-16(19)11-8-18-12-7-14(22-9(2)3)13(20-4)6-10(12)15(11)17/h6-9H,5H2,1-4H3. The number of esters is 1. The van der Waals surface area contributed by atoms with Crippen LogP contribution in [0.3, 0.4) is 0 Å². The van der Waals surface area contributed by atoms with Crippen molar-refractivity contribution in [2.75, 3.05) is 13.7 Å². The maximum Gasteiger partial charge on any atom is 0.341 e. The van der Waals surface area contributed by atoms with Gasteiger partial charge in [-0.1, -0.05) is 11.6 Å². The number of rotatable bonds is 5. The molecule has 0 amide bonds. The summed E-state index contributed by atoms with van der Waals surface area (Å²) in [5.41, 5.74) is 0.852. The molecule has 1 aromatic carbocycles. The van der Waals surface area contributed by atoms with E-state index in [1.54, 1.807) is 26.2 Å². The van der Waals surface area contributed by atoms with Crippen LogP contribution in [0.1, 0.15) is 31.1 Å². The lowest BCUT2D eigenvalue weighted by molar-refractivity contribution is 0.0526. The molecule has 0 fully saturated rings. The molecule has 6 heteroatoms. The monoisotopic (exact) mass is 323 g/mol. The number of ether oxygens (including phenoxy) is 3. The quantitative estimate of drug-likeness (QED) is 0.782. The number of nitrogens with zero attached hydrogens (tertiary/aromatic N) is 1. The summed E-state index contributed by atoms with van der Waals surface area (Å²) in [6.07, 6.45) is 1.41. The van der Waals surface area contributed by atoms with Crippen molar-refractivity contribution in [1.29, 1.82) is 0 Å². The largest absolute Gasteiger partial charge is 0.493 e. The van der Waals surface area contributed by atoms with E-state index in [-0.39, 0.29) is 23.3 Å². The summed E-state index contributed by atoms with van der Waals surface area (Å²) in [5, 5.41) is 0.901. The molecule has 5 nitrogen and oxygen atoms in total. The molecule has 22 heavy (non-hydrogen) atoms. The molecule has 0 saturated carbocycles. The van der Waals surface area contributed by atoms with Gasteiger partial charge in [0.25, 0.3) is 0 Å². The second kappa shape index (κ2) is 6.83. The van der Waals surface area contributed by atoms with E-state index in [1.807, 2.05) is 13.8 Å². The van der Waals surface area contributed by atoms with Gasteiger partial charge in [0, 0.05) is 17.6 Å². The maximum absolute atomic E-state index is 11.9. The Labute approximate surface area is 134 Å². The van der Waals surface area contributed by atoms with Crippen molar-refractivity contribution in [3.63, 3.8) is 0 Å². The van der Waals surface area contributed by atoms with Crippen LogP contribution in [0.4, 0.5) is 0 Å². The lowest BCUT2D eigenvalue weighted by atomic mass is 10.1. The maximum atomic E-state index is 11.9. The summed E-state index contributed by atoms with van der Waals surface area (Å²) < 4.78 is 16.0. The van der Waals surface area contributed by atoms with E-state index < -0.39 is 5.97 Å². The first-order valence-electron chi connectivity index (χ1n) is 6.98. The van der Waals surface area contributed by atoms with Crippen LogP contribution in [-0.4, -0.2) is 30.8 Å². The molecule has 0 aliphatic rings. The summed E-state index contributed by atoms with van der Waals surface area (Å²) >= 11 is 6.32. The van der Waals surface area contributed by atoms with Gasteiger partial charge in [-0.2, -0.15) is 0 Å². The Hall–Kier alpha value is -2.01. The highest BCUT2D eigenvalue weighted by Crippen LogP contribution is 2.36. The zero-order valence-electron chi connectivity index (χ0n) is 13.0. The minimum atomic E-state index is -0.497. The summed E-state index contributed by atoms with van der Waals surface area (Å²) in [6.45, 7) is 5.86.